The summed E-state index contributed by atoms with van der Waals surface area (Å²) in [5.74, 6) is 1.35. The second kappa shape index (κ2) is 24.3. The van der Waals surface area contributed by atoms with Gasteiger partial charge in [-0.2, -0.15) is 0 Å². The average molecular weight is 1280 g/mol. The number of hydrogen-bond acceptors (Lipinski definition) is 6. The van der Waals surface area contributed by atoms with Gasteiger partial charge in [0.05, 0.1) is 22.1 Å². The third-order valence-corrected chi connectivity index (χ3v) is 19.2. The molecule has 0 N–H and O–H groups in total. The van der Waals surface area contributed by atoms with E-state index >= 15 is 0 Å². The van der Waals surface area contributed by atoms with Gasteiger partial charge in [0.15, 0.2) is 22.8 Å². The standard InChI is InChI=1S/2C46H29N3O/c1-4-14-30(15-5-1)34-26-35(28-36(27-34)49-40-22-12-10-20-37(40)38-21-11-13-23-41(38)49)33-24-25-42-39(29-33)44-45(50-42)43(31-16-6-2-7-17-31)47-46(48-44)32-18-8-3-9-19-32;1-3-13-30(14-4-1)43-45-44(48-46(47-43)31-15-5-2-6-16-31)39-29-35(25-26-42(39)50-45)33-18-11-17-32(27-33)34-19-12-20-36(28-34)49-40-23-9-7-21-37(40)38-22-8-10-24-41(38)49/h2*1-29H. The van der Waals surface area contributed by atoms with Crippen molar-refractivity contribution in [3.05, 3.63) is 352 Å². The molecule has 0 radical (unpaired) electrons. The van der Waals surface area contributed by atoms with Crippen LogP contribution in [0.3, 0.4) is 0 Å². The fourth-order valence-electron chi connectivity index (χ4n) is 14.5. The van der Waals surface area contributed by atoms with Crippen molar-refractivity contribution >= 4 is 87.7 Å². The van der Waals surface area contributed by atoms with Gasteiger partial charge in [-0.25, -0.2) is 19.9 Å². The smallest absolute Gasteiger partial charge is 0.180 e. The van der Waals surface area contributed by atoms with Gasteiger partial charge in [-0.1, -0.05) is 267 Å². The Morgan fingerprint density at radius 1 is 0.200 bits per heavy atom. The number of hydrogen-bond donors (Lipinski definition) is 0. The van der Waals surface area contributed by atoms with E-state index in [9.17, 15) is 0 Å². The van der Waals surface area contributed by atoms with Crippen LogP contribution >= 0.6 is 0 Å². The minimum absolute atomic E-state index is 0.671. The van der Waals surface area contributed by atoms with E-state index in [0.717, 1.165) is 117 Å². The molecule has 100 heavy (non-hydrogen) atoms. The monoisotopic (exact) mass is 1280 g/mol. The van der Waals surface area contributed by atoms with Gasteiger partial charge in [-0.3, -0.25) is 0 Å². The minimum atomic E-state index is 0.671. The molecule has 0 aliphatic heterocycles. The first kappa shape index (κ1) is 57.9. The first-order valence-corrected chi connectivity index (χ1v) is 33.7. The number of nitrogens with zero attached hydrogens (tertiary/aromatic N) is 6. The fraction of sp³-hybridized carbons (Fsp3) is 0. The van der Waals surface area contributed by atoms with Gasteiger partial charge in [-0.15, -0.1) is 0 Å². The van der Waals surface area contributed by atoms with E-state index < -0.39 is 0 Å². The maximum atomic E-state index is 6.56. The van der Waals surface area contributed by atoms with Crippen molar-refractivity contribution in [1.29, 1.82) is 0 Å². The third kappa shape index (κ3) is 10.2. The zero-order valence-electron chi connectivity index (χ0n) is 54.0. The molecule has 0 atom stereocenters. The Hall–Kier alpha value is -13.6. The molecule has 20 aromatic rings. The van der Waals surface area contributed by atoms with Crippen molar-refractivity contribution in [3.8, 4) is 101 Å². The molecule has 0 saturated carbocycles. The Morgan fingerprint density at radius 2 is 0.510 bits per heavy atom. The zero-order valence-corrected chi connectivity index (χ0v) is 54.0. The molecule has 20 rings (SSSR count). The quantitative estimate of drug-likeness (QED) is 0.136. The predicted molar refractivity (Wildman–Crippen MR) is 411 cm³/mol. The molecule has 14 aromatic carbocycles. The molecule has 0 spiro atoms. The molecule has 6 aromatic heterocycles. The molecule has 0 aliphatic rings. The van der Waals surface area contributed by atoms with Crippen molar-refractivity contribution in [2.24, 2.45) is 0 Å². The Balaban J connectivity index is 0.000000139. The zero-order chi connectivity index (χ0) is 66.0. The maximum Gasteiger partial charge on any atom is 0.180 e. The molecule has 0 amide bonds. The molecular formula is C92H58N6O2. The van der Waals surface area contributed by atoms with E-state index in [1.165, 1.54) is 49.2 Å². The summed E-state index contributed by atoms with van der Waals surface area (Å²) >= 11 is 0. The van der Waals surface area contributed by atoms with Gasteiger partial charge in [-0.05, 0) is 129 Å². The number of fused-ring (bicyclic) bond motifs is 12. The fourth-order valence-corrected chi connectivity index (χ4v) is 14.5. The second-order valence-electron chi connectivity index (χ2n) is 25.2. The Morgan fingerprint density at radius 3 is 0.950 bits per heavy atom. The highest BCUT2D eigenvalue weighted by Crippen LogP contribution is 2.43. The molecule has 0 bridgehead atoms. The summed E-state index contributed by atoms with van der Waals surface area (Å²) in [4.78, 5) is 20.3. The summed E-state index contributed by atoms with van der Waals surface area (Å²) in [6.07, 6.45) is 0. The van der Waals surface area contributed by atoms with E-state index in [0.29, 0.717) is 22.8 Å². The Labute approximate surface area is 575 Å². The van der Waals surface area contributed by atoms with E-state index in [1.807, 2.05) is 84.9 Å². The summed E-state index contributed by atoms with van der Waals surface area (Å²) in [6.45, 7) is 0. The van der Waals surface area contributed by atoms with Gasteiger partial charge >= 0.3 is 0 Å². The van der Waals surface area contributed by atoms with Crippen LogP contribution in [-0.2, 0) is 0 Å². The Kier molecular flexibility index (Phi) is 14.0. The van der Waals surface area contributed by atoms with Crippen molar-refractivity contribution < 1.29 is 8.83 Å². The number of benzene rings is 14. The van der Waals surface area contributed by atoms with Crippen LogP contribution in [0.4, 0.5) is 0 Å². The normalized spacial score (nSPS) is 11.6. The molecule has 468 valence electrons. The molecule has 8 heteroatoms. The van der Waals surface area contributed by atoms with Crippen LogP contribution in [0.2, 0.25) is 0 Å². The van der Waals surface area contributed by atoms with Crippen LogP contribution in [0, 0.1) is 0 Å². The Bertz CT molecular complexity index is 6410. The molecule has 0 fully saturated rings. The van der Waals surface area contributed by atoms with E-state index in [-0.39, 0.29) is 0 Å². The van der Waals surface area contributed by atoms with Crippen LogP contribution in [0.15, 0.2) is 361 Å². The lowest BCUT2D eigenvalue weighted by Gasteiger charge is -2.14. The van der Waals surface area contributed by atoms with E-state index in [2.05, 4.69) is 276 Å². The van der Waals surface area contributed by atoms with Crippen LogP contribution in [0.1, 0.15) is 0 Å². The molecule has 8 nitrogen and oxygen atoms in total. The first-order chi connectivity index (χ1) is 49.6. The topological polar surface area (TPSA) is 87.7 Å². The third-order valence-electron chi connectivity index (χ3n) is 19.2. The summed E-state index contributed by atoms with van der Waals surface area (Å²) < 4.78 is 17.8. The minimum Gasteiger partial charge on any atom is -0.452 e. The van der Waals surface area contributed by atoms with Crippen LogP contribution in [0.5, 0.6) is 0 Å². The second-order valence-corrected chi connectivity index (χ2v) is 25.2. The van der Waals surface area contributed by atoms with Gasteiger partial charge < -0.3 is 18.0 Å². The van der Waals surface area contributed by atoms with Gasteiger partial charge in [0.1, 0.15) is 33.6 Å². The highest BCUT2D eigenvalue weighted by Gasteiger charge is 2.23. The van der Waals surface area contributed by atoms with Gasteiger partial charge in [0.25, 0.3) is 0 Å². The van der Waals surface area contributed by atoms with Gasteiger partial charge in [0.2, 0.25) is 0 Å². The number of aromatic nitrogens is 6. The van der Waals surface area contributed by atoms with Crippen LogP contribution < -0.4 is 0 Å². The predicted octanol–water partition coefficient (Wildman–Crippen LogP) is 24.3. The molecule has 6 heterocycles. The lowest BCUT2D eigenvalue weighted by molar-refractivity contribution is 0.667. The lowest BCUT2D eigenvalue weighted by atomic mass is 9.97. The van der Waals surface area contributed by atoms with Crippen LogP contribution in [-0.4, -0.2) is 29.1 Å². The molecule has 0 aliphatic carbocycles. The average Bonchev–Trinajstić information content (AvgIpc) is 1.59. The molecule has 0 saturated heterocycles. The number of para-hydroxylation sites is 4. The maximum absolute atomic E-state index is 6.56. The SMILES string of the molecule is c1ccc(-c2cc(-c3ccc4oc5c(-c6ccccc6)nc(-c6ccccc6)nc5c4c3)cc(-n3c4ccccc4c4ccccc43)c2)cc1.c1ccc(-c2nc(-c3ccccc3)c3oc4ccc(-c5cccc(-c6cccc(-n7c8ccccc8c8ccccc87)c6)c5)cc4c3n2)cc1. The largest absolute Gasteiger partial charge is 0.452 e. The highest BCUT2D eigenvalue weighted by atomic mass is 16.3. The van der Waals surface area contributed by atoms with Crippen molar-refractivity contribution in [3.63, 3.8) is 0 Å². The van der Waals surface area contributed by atoms with E-state index in [1.54, 1.807) is 0 Å². The number of rotatable bonds is 10. The molecule has 0 unspecified atom stereocenters. The highest BCUT2D eigenvalue weighted by molar-refractivity contribution is 6.12. The molecular weight excluding hydrogens is 1220 g/mol. The van der Waals surface area contributed by atoms with Crippen LogP contribution in [0.25, 0.3) is 189 Å². The number of furan rings is 2. The summed E-state index contributed by atoms with van der Waals surface area (Å²) in [5, 5.41) is 6.92. The first-order valence-electron chi connectivity index (χ1n) is 33.7. The van der Waals surface area contributed by atoms with Crippen molar-refractivity contribution in [1.82, 2.24) is 29.1 Å². The van der Waals surface area contributed by atoms with Crippen molar-refractivity contribution in [2.75, 3.05) is 0 Å². The lowest BCUT2D eigenvalue weighted by Crippen LogP contribution is -1.96. The summed E-state index contributed by atoms with van der Waals surface area (Å²) in [7, 11) is 0. The van der Waals surface area contributed by atoms with E-state index in [4.69, 9.17) is 28.8 Å². The summed E-state index contributed by atoms with van der Waals surface area (Å²) in [5.41, 5.74) is 26.1. The summed E-state index contributed by atoms with van der Waals surface area (Å²) in [6, 6.07) is 123. The van der Waals surface area contributed by atoms with Crippen molar-refractivity contribution in [2.45, 2.75) is 0 Å². The van der Waals surface area contributed by atoms with Gasteiger partial charge in [0, 0.05) is 65.9 Å².